The Kier molecular flexibility index (Phi) is 5.78. The highest BCUT2D eigenvalue weighted by molar-refractivity contribution is 6.31. The van der Waals surface area contributed by atoms with Crippen molar-refractivity contribution >= 4 is 23.2 Å². The van der Waals surface area contributed by atoms with Crippen molar-refractivity contribution in [3.8, 4) is 11.4 Å². The van der Waals surface area contributed by atoms with Crippen molar-refractivity contribution in [2.45, 2.75) is 18.9 Å². The Bertz CT molecular complexity index is 975. The first-order valence-electron chi connectivity index (χ1n) is 9.46. The van der Waals surface area contributed by atoms with Gasteiger partial charge in [0.2, 0.25) is 5.91 Å². The summed E-state index contributed by atoms with van der Waals surface area (Å²) in [7, 11) is 1.66. The van der Waals surface area contributed by atoms with Crippen LogP contribution in [0, 0.1) is 0 Å². The van der Waals surface area contributed by atoms with E-state index in [0.29, 0.717) is 22.9 Å². The fourth-order valence-electron chi connectivity index (χ4n) is 3.73. The molecule has 2 aromatic carbocycles. The lowest BCUT2D eigenvalue weighted by Crippen LogP contribution is -2.33. The van der Waals surface area contributed by atoms with Gasteiger partial charge in [-0.15, -0.1) is 0 Å². The van der Waals surface area contributed by atoms with E-state index in [1.54, 1.807) is 30.3 Å². The van der Waals surface area contributed by atoms with Gasteiger partial charge in [-0.3, -0.25) is 9.69 Å². The molecule has 29 heavy (non-hydrogen) atoms. The second kappa shape index (κ2) is 8.63. The molecule has 1 N–H and O–H groups in total. The molecule has 1 aliphatic rings. The minimum absolute atomic E-state index is 0.0888. The summed E-state index contributed by atoms with van der Waals surface area (Å²) < 4.78 is 6.84. The van der Waals surface area contributed by atoms with E-state index in [4.69, 9.17) is 16.3 Å². The number of nitrogens with zero attached hydrogens (tertiary/aromatic N) is 4. The van der Waals surface area contributed by atoms with E-state index >= 15 is 0 Å². The number of carbonyl (C=O) groups is 1. The lowest BCUT2D eigenvalue weighted by Gasteiger charge is -2.24. The largest absolute Gasteiger partial charge is 0.497 e. The average molecular weight is 412 g/mol. The molecule has 0 aliphatic carbocycles. The highest BCUT2D eigenvalue weighted by Gasteiger charge is 2.27. The SMILES string of the molecule is COc1ccc(C2CCCN2CC(=O)Nc2cc(Cl)ccc2-n2cncn2)cc1. The number of amides is 1. The van der Waals surface area contributed by atoms with Gasteiger partial charge in [-0.05, 0) is 55.3 Å². The molecule has 0 radical (unpaired) electrons. The molecule has 1 saturated heterocycles. The smallest absolute Gasteiger partial charge is 0.238 e. The van der Waals surface area contributed by atoms with Crippen LogP contribution in [0.25, 0.3) is 5.69 Å². The van der Waals surface area contributed by atoms with Gasteiger partial charge < -0.3 is 10.1 Å². The zero-order valence-electron chi connectivity index (χ0n) is 16.1. The molecule has 0 saturated carbocycles. The predicted octanol–water partition coefficient (Wildman–Crippen LogP) is 3.70. The Morgan fingerprint density at radius 2 is 2.10 bits per heavy atom. The second-order valence-electron chi connectivity index (χ2n) is 6.95. The molecule has 1 atom stereocenters. The number of rotatable bonds is 6. The number of anilines is 1. The second-order valence-corrected chi connectivity index (χ2v) is 7.39. The van der Waals surface area contributed by atoms with E-state index in [0.717, 1.165) is 25.1 Å². The van der Waals surface area contributed by atoms with E-state index in [2.05, 4.69) is 32.4 Å². The maximum Gasteiger partial charge on any atom is 0.238 e. The van der Waals surface area contributed by atoms with Gasteiger partial charge in [-0.1, -0.05) is 23.7 Å². The van der Waals surface area contributed by atoms with Crippen molar-refractivity contribution in [1.29, 1.82) is 0 Å². The summed E-state index contributed by atoms with van der Waals surface area (Å²) in [6.45, 7) is 1.19. The van der Waals surface area contributed by atoms with Crippen LogP contribution in [0.2, 0.25) is 5.02 Å². The van der Waals surface area contributed by atoms with Crippen LogP contribution in [-0.4, -0.2) is 45.8 Å². The maximum absolute atomic E-state index is 12.8. The number of likely N-dealkylation sites (tertiary alicyclic amines) is 1. The molecule has 2 heterocycles. The molecule has 1 amide bonds. The van der Waals surface area contributed by atoms with E-state index in [9.17, 15) is 4.79 Å². The number of benzene rings is 2. The number of hydrogen-bond donors (Lipinski definition) is 1. The van der Waals surface area contributed by atoms with Gasteiger partial charge in [0.15, 0.2) is 0 Å². The van der Waals surface area contributed by atoms with Crippen molar-refractivity contribution in [3.05, 3.63) is 65.7 Å². The third-order valence-electron chi connectivity index (χ3n) is 5.11. The van der Waals surface area contributed by atoms with Gasteiger partial charge in [0.25, 0.3) is 0 Å². The molecule has 7 nitrogen and oxygen atoms in total. The molecule has 1 aromatic heterocycles. The molecular formula is C21H22ClN5O2. The fraction of sp³-hybridized carbons (Fsp3) is 0.286. The van der Waals surface area contributed by atoms with Gasteiger partial charge in [-0.25, -0.2) is 9.67 Å². The number of nitrogens with one attached hydrogen (secondary N) is 1. The Balaban J connectivity index is 1.47. The summed E-state index contributed by atoms with van der Waals surface area (Å²) in [5, 5.41) is 7.67. The molecular weight excluding hydrogens is 390 g/mol. The molecule has 1 aliphatic heterocycles. The maximum atomic E-state index is 12.8. The highest BCUT2D eigenvalue weighted by Crippen LogP contribution is 2.32. The van der Waals surface area contributed by atoms with Crippen molar-refractivity contribution in [2.24, 2.45) is 0 Å². The summed E-state index contributed by atoms with van der Waals surface area (Å²) >= 11 is 6.14. The minimum Gasteiger partial charge on any atom is -0.497 e. The lowest BCUT2D eigenvalue weighted by molar-refractivity contribution is -0.117. The molecule has 4 rings (SSSR count). The number of aromatic nitrogens is 3. The Hall–Kier alpha value is -2.90. The van der Waals surface area contributed by atoms with Crippen molar-refractivity contribution in [2.75, 3.05) is 25.5 Å². The molecule has 0 bridgehead atoms. The Labute approximate surface area is 174 Å². The van der Waals surface area contributed by atoms with Crippen LogP contribution in [0.3, 0.4) is 0 Å². The number of hydrogen-bond acceptors (Lipinski definition) is 5. The Morgan fingerprint density at radius 3 is 2.83 bits per heavy atom. The highest BCUT2D eigenvalue weighted by atomic mass is 35.5. The van der Waals surface area contributed by atoms with Crippen molar-refractivity contribution in [3.63, 3.8) is 0 Å². The third kappa shape index (κ3) is 4.41. The van der Waals surface area contributed by atoms with Crippen LogP contribution in [0.1, 0.15) is 24.4 Å². The normalized spacial score (nSPS) is 16.7. The fourth-order valence-corrected chi connectivity index (χ4v) is 3.91. The first-order chi connectivity index (χ1) is 14.1. The summed E-state index contributed by atoms with van der Waals surface area (Å²) in [5.41, 5.74) is 2.52. The monoisotopic (exact) mass is 411 g/mol. The number of methoxy groups -OCH3 is 1. The van der Waals surface area contributed by atoms with Crippen LogP contribution >= 0.6 is 11.6 Å². The van der Waals surface area contributed by atoms with Crippen LogP contribution in [0.4, 0.5) is 5.69 Å². The van der Waals surface area contributed by atoms with Crippen LogP contribution in [-0.2, 0) is 4.79 Å². The third-order valence-corrected chi connectivity index (χ3v) is 5.34. The Morgan fingerprint density at radius 1 is 1.28 bits per heavy atom. The van der Waals surface area contributed by atoms with Gasteiger partial charge in [0, 0.05) is 11.1 Å². The first-order valence-corrected chi connectivity index (χ1v) is 9.84. The number of carbonyl (C=O) groups excluding carboxylic acids is 1. The van der Waals surface area contributed by atoms with Crippen LogP contribution < -0.4 is 10.1 Å². The zero-order valence-corrected chi connectivity index (χ0v) is 16.8. The van der Waals surface area contributed by atoms with E-state index in [1.807, 2.05) is 18.2 Å². The van der Waals surface area contributed by atoms with E-state index < -0.39 is 0 Å². The molecule has 3 aromatic rings. The van der Waals surface area contributed by atoms with Gasteiger partial charge >= 0.3 is 0 Å². The van der Waals surface area contributed by atoms with Gasteiger partial charge in [0.1, 0.15) is 18.4 Å². The predicted molar refractivity (Wildman–Crippen MR) is 112 cm³/mol. The lowest BCUT2D eigenvalue weighted by atomic mass is 10.0. The summed E-state index contributed by atoms with van der Waals surface area (Å²) in [5.74, 6) is 0.742. The minimum atomic E-state index is -0.0888. The standard InChI is InChI=1S/C21H22ClN5O2/c1-29-17-7-4-15(5-8-17)19-3-2-10-26(19)12-21(28)25-18-11-16(22)6-9-20(18)27-14-23-13-24-27/h4-9,11,13-14,19H,2-3,10,12H2,1H3,(H,25,28). The quantitative estimate of drug-likeness (QED) is 0.669. The van der Waals surface area contributed by atoms with Crippen LogP contribution in [0.5, 0.6) is 5.75 Å². The van der Waals surface area contributed by atoms with Crippen molar-refractivity contribution < 1.29 is 9.53 Å². The first kappa shape index (κ1) is 19.4. The summed E-state index contributed by atoms with van der Waals surface area (Å²) in [6, 6.07) is 13.6. The van der Waals surface area contributed by atoms with Crippen LogP contribution in [0.15, 0.2) is 55.1 Å². The molecule has 150 valence electrons. The molecule has 0 spiro atoms. The molecule has 1 unspecified atom stereocenters. The van der Waals surface area contributed by atoms with Gasteiger partial charge in [-0.2, -0.15) is 5.10 Å². The molecule has 1 fully saturated rings. The van der Waals surface area contributed by atoms with Crippen molar-refractivity contribution in [1.82, 2.24) is 19.7 Å². The zero-order chi connectivity index (χ0) is 20.2. The summed E-state index contributed by atoms with van der Waals surface area (Å²) in [4.78, 5) is 19.0. The molecule has 8 heteroatoms. The number of ether oxygens (including phenoxy) is 1. The number of halogens is 1. The summed E-state index contributed by atoms with van der Waals surface area (Å²) in [6.07, 6.45) is 5.12. The van der Waals surface area contributed by atoms with Gasteiger partial charge in [0.05, 0.1) is 25.0 Å². The van der Waals surface area contributed by atoms with E-state index in [-0.39, 0.29) is 11.9 Å². The topological polar surface area (TPSA) is 72.3 Å². The van der Waals surface area contributed by atoms with E-state index in [1.165, 1.54) is 11.9 Å². The average Bonchev–Trinajstić information content (AvgIpc) is 3.40.